The lowest BCUT2D eigenvalue weighted by Crippen LogP contribution is -2.42. The van der Waals surface area contributed by atoms with Crippen LogP contribution in [0.25, 0.3) is 38.6 Å². The van der Waals surface area contributed by atoms with Gasteiger partial charge in [-0.3, -0.25) is 77.5 Å². The molecule has 2 atom stereocenters. The SMILES string of the molecule is C#CCCC(=O)C=[N+]=[N-].C#CCCC(=O)CBr.C#CCCC(=O)Cl.C#CCCC(=O)O.C#CCCc1cc2c(=O)[nH]c(N)nc2[nH]1.CCOC(=O)CC[C@H](NC(=O)c1ccc(C#CCCc2cc3c(=O)[nH]c(N)nc3[nH]2)s1)C(=O)OCC.CCOC(=O)CC[C@H](NC(=O)c1ccc(CCCCc2cc3c(=O)[nH]c(N)nc3[nH]2)s1)C(=O)OCC.Nc1cc(=O)[nH]c(N)n1. The molecule has 2 amide bonds. The number of aliphatic carboxylic acids is 1. The van der Waals surface area contributed by atoms with Crippen molar-refractivity contribution in [2.75, 3.05) is 60.4 Å². The summed E-state index contributed by atoms with van der Waals surface area (Å²) in [6.45, 7) is 7.56. The summed E-state index contributed by atoms with van der Waals surface area (Å²) in [6, 6.07) is 11.5. The molecule has 0 aliphatic rings. The lowest BCUT2D eigenvalue weighted by Gasteiger charge is -2.16. The number of terminal acetylenes is 5. The van der Waals surface area contributed by atoms with Gasteiger partial charge < -0.3 is 83.8 Å². The largest absolute Gasteiger partial charge is 0.481 e. The number of halogens is 2. The minimum Gasteiger partial charge on any atom is -0.481 e. The number of alkyl halides is 1. The molecule has 39 nitrogen and oxygen atoms in total. The van der Waals surface area contributed by atoms with Crippen molar-refractivity contribution in [2.24, 2.45) is 0 Å². The number of amides is 2. The number of hydrogen-bond acceptors (Lipinski definition) is 29. The number of H-pyrrole nitrogens is 7. The third-order valence-corrected chi connectivity index (χ3v) is 18.6. The van der Waals surface area contributed by atoms with Crippen LogP contribution in [-0.4, -0.2) is 173 Å². The molecule has 0 aliphatic carbocycles. The number of esters is 4. The van der Waals surface area contributed by atoms with E-state index in [-0.39, 0.29) is 146 Å². The topological polar surface area (TPSA) is 649 Å². The summed E-state index contributed by atoms with van der Waals surface area (Å²) in [5.74, 6) is 14.4. The molecule has 0 radical (unpaired) electrons. The van der Waals surface area contributed by atoms with E-state index in [0.717, 1.165) is 59.9 Å². The van der Waals surface area contributed by atoms with Crippen LogP contribution < -0.4 is 61.5 Å². The number of hydrogen-bond donors (Lipinski definition) is 15. The Labute approximate surface area is 749 Å². The van der Waals surface area contributed by atoms with Gasteiger partial charge in [-0.15, -0.1) is 84.4 Å². The van der Waals surface area contributed by atoms with Gasteiger partial charge in [-0.1, -0.05) is 27.8 Å². The van der Waals surface area contributed by atoms with Crippen molar-refractivity contribution in [3.63, 3.8) is 0 Å². The first kappa shape index (κ1) is 108. The highest BCUT2D eigenvalue weighted by Crippen LogP contribution is 2.22. The second-order valence-corrected chi connectivity index (χ2v) is 28.6. The Morgan fingerprint density at radius 2 is 0.945 bits per heavy atom. The standard InChI is InChI=1S/C24H31N5O6S.C24H27N5O6S.C10H10N4O.C6H7BrO.C6H6N2O.C5H5ClO.C5H6O2.C4H6N4O/c2*1-3-34-19(30)12-10-17(23(33)35-4-2)27-22(32)18-11-9-15(36-18)8-6-5-7-14-13-16-20(26-14)28-24(25)29-21(16)31;1-2-3-4-6-5-7-8(12-6)13-10(11)14-9(7)15;1-2-3-4-6(8)5-7;1-2-3-4-6(9)5-8-7;2*1-2-3-4-5(6)7;5-2-1-3(9)8-4(6)7-2/h9,11,13,17H,3-8,10,12H2,1-2H3,(H,27,32)(H4,25,26,28,29,31);9,11,13,17H,3-5,7,10,12H2,1-2H3,(H,27,32)(H4,25,26,28,29,31);1,5H,3-4H2,(H4,11,12,13,14,15);1H,3-5H2;1,5H,3-4H2;1H,3-4H2;1H,3-4H2,(H,6,7);1H,(H5,5,6,7,8,9)/t2*17-;;;;;;/m00....../s1. The Morgan fingerprint density at radius 3 is 1.35 bits per heavy atom. The predicted octanol–water partition coefficient (Wildman–Crippen LogP) is 6.97. The smallest absolute Gasteiger partial charge is 0.328 e. The van der Waals surface area contributed by atoms with Crippen molar-refractivity contribution < 1.29 is 76.8 Å². The summed E-state index contributed by atoms with van der Waals surface area (Å²) in [6.07, 6.45) is 34.1. The van der Waals surface area contributed by atoms with Gasteiger partial charge in [-0.05, 0) is 133 Å². The number of anilines is 5. The summed E-state index contributed by atoms with van der Waals surface area (Å²) in [5.41, 5.74) is 37.5. The van der Waals surface area contributed by atoms with Crippen LogP contribution in [0.2, 0.25) is 0 Å². The highest BCUT2D eigenvalue weighted by Gasteiger charge is 2.27. The number of nitrogen functional groups attached to an aromatic ring is 5. The van der Waals surface area contributed by atoms with E-state index in [2.05, 4.69) is 128 Å². The summed E-state index contributed by atoms with van der Waals surface area (Å²) in [7, 11) is 0. The Bertz CT molecular complexity index is 5730. The number of aromatic amines is 7. The number of nitrogens with two attached hydrogens (primary N) is 5. The molecule has 9 rings (SSSR count). The van der Waals surface area contributed by atoms with Crippen LogP contribution in [-0.2, 0) is 83.0 Å². The maximum Gasteiger partial charge on any atom is 0.328 e. The average molecular weight is 1870 g/mol. The van der Waals surface area contributed by atoms with E-state index in [1.54, 1.807) is 64.1 Å². The molecule has 0 spiro atoms. The zero-order chi connectivity index (χ0) is 94.8. The number of nitrogens with zero attached hydrogens (tertiary/aromatic N) is 6. The Balaban J connectivity index is 0.000000547. The van der Waals surface area contributed by atoms with E-state index in [9.17, 15) is 67.1 Å². The van der Waals surface area contributed by atoms with E-state index >= 15 is 0 Å². The van der Waals surface area contributed by atoms with Gasteiger partial charge in [-0.25, -0.2) is 9.59 Å². The number of thiophene rings is 2. The van der Waals surface area contributed by atoms with Crippen molar-refractivity contribution in [1.29, 1.82) is 0 Å². The quantitative estimate of drug-likeness (QED) is 0.00219. The number of carbonyl (C=O) groups excluding carboxylic acids is 9. The second kappa shape index (κ2) is 61.6. The normalized spacial score (nSPS) is 10.3. The summed E-state index contributed by atoms with van der Waals surface area (Å²) in [5, 5.41) is 14.8. The Hall–Kier alpha value is -14.6. The number of nitrogens with one attached hydrogen (secondary N) is 9. The molecule has 674 valence electrons. The number of carbonyl (C=O) groups is 10. The number of carboxylic acids is 1. The highest BCUT2D eigenvalue weighted by atomic mass is 79.9. The van der Waals surface area contributed by atoms with Crippen molar-refractivity contribution in [3.8, 4) is 73.6 Å². The Morgan fingerprint density at radius 1 is 0.528 bits per heavy atom. The van der Waals surface area contributed by atoms with Gasteiger partial charge >= 0.3 is 36.1 Å². The van der Waals surface area contributed by atoms with Gasteiger partial charge in [0.15, 0.2) is 0 Å². The maximum absolute atomic E-state index is 12.7. The zero-order valence-electron chi connectivity index (χ0n) is 69.9. The van der Waals surface area contributed by atoms with Gasteiger partial charge in [0.05, 0.1) is 69.0 Å². The summed E-state index contributed by atoms with van der Waals surface area (Å²) in [4.78, 5) is 199. The zero-order valence-corrected chi connectivity index (χ0v) is 73.8. The number of ether oxygens (including phenoxy) is 4. The van der Waals surface area contributed by atoms with Crippen LogP contribution in [0.5, 0.6) is 0 Å². The monoisotopic (exact) mass is 1870 g/mol. The van der Waals surface area contributed by atoms with E-state index < -0.39 is 47.8 Å². The second-order valence-electron chi connectivity index (χ2n) is 25.4. The summed E-state index contributed by atoms with van der Waals surface area (Å²) >= 11 is 10.5. The number of aromatic nitrogens is 11. The van der Waals surface area contributed by atoms with Gasteiger partial charge in [0.1, 0.15) is 40.6 Å². The minimum atomic E-state index is -0.966. The predicted molar refractivity (Wildman–Crippen MR) is 486 cm³/mol. The van der Waals surface area contributed by atoms with Crippen molar-refractivity contribution in [1.82, 2.24) is 65.5 Å². The molecule has 0 fully saturated rings. The number of Topliss-reactive ketones (excluding diaryl/α,β-unsaturated/α-hetero) is 2. The molecule has 0 unspecified atom stereocenters. The number of unbranched alkanes of at least 4 members (excludes halogenated alkanes) is 1. The molecule has 0 saturated heterocycles. The first-order chi connectivity index (χ1) is 60.6. The molecule has 43 heteroatoms. The molecule has 9 aromatic rings. The lowest BCUT2D eigenvalue weighted by atomic mass is 10.1. The first-order valence-electron chi connectivity index (χ1n) is 38.7. The molecule has 9 heterocycles. The fourth-order valence-electron chi connectivity index (χ4n) is 9.89. The van der Waals surface area contributed by atoms with E-state index in [4.69, 9.17) is 102 Å². The molecule has 20 N–H and O–H groups in total. The number of ketones is 2. The third-order valence-electron chi connectivity index (χ3n) is 15.6. The van der Waals surface area contributed by atoms with Crippen molar-refractivity contribution in [3.05, 3.63) is 132 Å². The first-order valence-corrected chi connectivity index (χ1v) is 41.8. The van der Waals surface area contributed by atoms with Crippen molar-refractivity contribution >= 4 is 178 Å². The van der Waals surface area contributed by atoms with E-state index in [1.807, 2.05) is 6.07 Å². The average Bonchev–Trinajstić information content (AvgIpc) is 1.68. The molecule has 0 aromatic carbocycles. The van der Waals surface area contributed by atoms with Gasteiger partial charge in [0.2, 0.25) is 34.8 Å². The number of carboxylic acid groups (broad SMARTS) is 1. The molecule has 9 aromatic heterocycles. The minimum absolute atomic E-state index is 0.00148. The fraction of sp³-hybridized carbons (Fsp3) is 0.369. The highest BCUT2D eigenvalue weighted by molar-refractivity contribution is 9.09. The van der Waals surface area contributed by atoms with Gasteiger partial charge in [0, 0.05) is 98.7 Å². The van der Waals surface area contributed by atoms with Crippen LogP contribution in [0.1, 0.15) is 177 Å². The van der Waals surface area contributed by atoms with Crippen LogP contribution in [0.3, 0.4) is 0 Å². The summed E-state index contributed by atoms with van der Waals surface area (Å²) < 4.78 is 19.8. The van der Waals surface area contributed by atoms with Crippen LogP contribution >= 0.6 is 50.2 Å². The third kappa shape index (κ3) is 44.8. The number of aryl methyl sites for hydroxylation is 4. The van der Waals surface area contributed by atoms with Crippen LogP contribution in [0, 0.1) is 73.6 Å². The maximum atomic E-state index is 12.7. The van der Waals surface area contributed by atoms with Gasteiger partial charge in [-0.2, -0.15) is 24.7 Å². The molecular formula is C84H98BrClN20O19S2. The molecule has 0 bridgehead atoms. The van der Waals surface area contributed by atoms with Crippen LogP contribution in [0.4, 0.5) is 29.6 Å². The Kier molecular flexibility index (Phi) is 52.6. The molecule has 0 saturated carbocycles. The van der Waals surface area contributed by atoms with Crippen LogP contribution in [0.15, 0.2) is 67.7 Å². The lowest BCUT2D eigenvalue weighted by molar-refractivity contribution is -0.148. The molecule has 0 aliphatic heterocycles. The van der Waals surface area contributed by atoms with Crippen molar-refractivity contribution in [2.45, 2.75) is 168 Å². The number of rotatable bonds is 35. The molecular weight excluding hydrogens is 1770 g/mol. The van der Waals surface area contributed by atoms with Gasteiger partial charge in [0.25, 0.3) is 34.1 Å². The van der Waals surface area contributed by atoms with E-state index in [1.165, 1.54) is 22.7 Å². The fourth-order valence-corrected chi connectivity index (χ4v) is 12.0. The number of fused-ring (bicyclic) bond motifs is 3. The molecule has 127 heavy (non-hydrogen) atoms. The van der Waals surface area contributed by atoms with E-state index in [0.29, 0.717) is 111 Å².